The van der Waals surface area contributed by atoms with Crippen molar-refractivity contribution in [1.82, 2.24) is 4.90 Å². The maximum absolute atomic E-state index is 14.8. The zero-order valence-electron chi connectivity index (χ0n) is 17.1. The third kappa shape index (κ3) is 3.86. The van der Waals surface area contributed by atoms with E-state index in [2.05, 4.69) is 12.1 Å². The van der Waals surface area contributed by atoms with Crippen LogP contribution in [0.25, 0.3) is 5.70 Å². The number of rotatable bonds is 6. The van der Waals surface area contributed by atoms with E-state index in [1.807, 2.05) is 68.4 Å². The van der Waals surface area contributed by atoms with Crippen molar-refractivity contribution in [3.63, 3.8) is 0 Å². The predicted octanol–water partition coefficient (Wildman–Crippen LogP) is 5.05. The molecule has 4 heteroatoms. The fourth-order valence-electron chi connectivity index (χ4n) is 3.86. The molecular formula is C26H24FNOSe. The number of amides is 1. The van der Waals surface area contributed by atoms with Gasteiger partial charge in [0, 0.05) is 0 Å². The first-order chi connectivity index (χ1) is 14.5. The number of carbonyl (C=O) groups excluding carboxylic acids is 1. The van der Waals surface area contributed by atoms with Gasteiger partial charge in [0.05, 0.1) is 0 Å². The van der Waals surface area contributed by atoms with Crippen LogP contribution in [0.3, 0.4) is 0 Å². The van der Waals surface area contributed by atoms with Crippen molar-refractivity contribution >= 4 is 31.0 Å². The first kappa shape index (κ1) is 20.6. The topological polar surface area (TPSA) is 20.3 Å². The molecule has 4 rings (SSSR count). The normalized spacial score (nSPS) is 18.9. The summed E-state index contributed by atoms with van der Waals surface area (Å²) in [7, 11) is 0. The molecule has 3 aromatic rings. The van der Waals surface area contributed by atoms with E-state index in [1.54, 1.807) is 17.0 Å². The molecule has 3 aromatic carbocycles. The summed E-state index contributed by atoms with van der Waals surface area (Å²) in [6, 6.07) is 26.9. The monoisotopic (exact) mass is 465 g/mol. The van der Waals surface area contributed by atoms with Gasteiger partial charge in [0.1, 0.15) is 0 Å². The standard InChI is InChI=1S/C26H24FNOSe/c1-19-24(22-15-9-10-16-23(22)27)28(17-20-11-5-3-6-12-20)25(29)26(19,2)18-30-21-13-7-4-8-14-21/h3-16H,17-18H2,1-2H3. The second-order valence-electron chi connectivity index (χ2n) is 7.76. The number of carbonyl (C=O) groups is 1. The van der Waals surface area contributed by atoms with Gasteiger partial charge >= 0.3 is 184 Å². The van der Waals surface area contributed by atoms with Crippen LogP contribution in [0.15, 0.2) is 90.5 Å². The quantitative estimate of drug-likeness (QED) is 0.468. The molecule has 0 fully saturated rings. The first-order valence-corrected chi connectivity index (χ1v) is 12.1. The third-order valence-electron chi connectivity index (χ3n) is 5.75. The SMILES string of the molecule is CC1=C(c2ccccc2F)N(Cc2ccccc2)C(=O)C1(C)C[Se]c1ccccc1. The number of hydrogen-bond acceptors (Lipinski definition) is 1. The molecule has 0 saturated carbocycles. The molecular weight excluding hydrogens is 440 g/mol. The van der Waals surface area contributed by atoms with E-state index in [0.717, 1.165) is 16.5 Å². The zero-order valence-corrected chi connectivity index (χ0v) is 18.9. The molecule has 0 aliphatic carbocycles. The van der Waals surface area contributed by atoms with Crippen LogP contribution in [0.1, 0.15) is 25.0 Å². The van der Waals surface area contributed by atoms with Crippen LogP contribution in [-0.2, 0) is 11.3 Å². The van der Waals surface area contributed by atoms with Crippen LogP contribution in [0, 0.1) is 11.2 Å². The minimum atomic E-state index is -0.637. The fourth-order valence-corrected chi connectivity index (χ4v) is 6.26. The Hall–Kier alpha value is -2.68. The summed E-state index contributed by atoms with van der Waals surface area (Å²) in [4.78, 5) is 15.5. The average molecular weight is 464 g/mol. The number of halogens is 1. The predicted molar refractivity (Wildman–Crippen MR) is 121 cm³/mol. The van der Waals surface area contributed by atoms with Gasteiger partial charge in [-0.25, -0.2) is 0 Å². The summed E-state index contributed by atoms with van der Waals surface area (Å²) >= 11 is 0.149. The molecule has 0 spiro atoms. The van der Waals surface area contributed by atoms with Crippen molar-refractivity contribution in [2.24, 2.45) is 5.41 Å². The molecule has 1 amide bonds. The van der Waals surface area contributed by atoms with Crippen LogP contribution in [0.4, 0.5) is 4.39 Å². The molecule has 0 radical (unpaired) electrons. The van der Waals surface area contributed by atoms with Crippen LogP contribution in [0.2, 0.25) is 5.32 Å². The van der Waals surface area contributed by atoms with E-state index in [0.29, 0.717) is 17.8 Å². The molecule has 2 nitrogen and oxygen atoms in total. The summed E-state index contributed by atoms with van der Waals surface area (Å²) in [6.45, 7) is 4.45. The molecule has 152 valence electrons. The van der Waals surface area contributed by atoms with E-state index < -0.39 is 5.41 Å². The number of hydrogen-bond donors (Lipinski definition) is 0. The van der Waals surface area contributed by atoms with Crippen molar-refractivity contribution in [3.05, 3.63) is 107 Å². The van der Waals surface area contributed by atoms with Gasteiger partial charge in [-0.1, -0.05) is 0 Å². The zero-order chi connectivity index (χ0) is 21.1. The summed E-state index contributed by atoms with van der Waals surface area (Å²) in [5.41, 5.74) is 2.56. The molecule has 0 saturated heterocycles. The van der Waals surface area contributed by atoms with E-state index in [4.69, 9.17) is 0 Å². The van der Waals surface area contributed by atoms with Gasteiger partial charge in [0.2, 0.25) is 0 Å². The van der Waals surface area contributed by atoms with Gasteiger partial charge in [-0.2, -0.15) is 0 Å². The van der Waals surface area contributed by atoms with Gasteiger partial charge < -0.3 is 0 Å². The molecule has 1 aliphatic heterocycles. The Morgan fingerprint density at radius 3 is 2.17 bits per heavy atom. The van der Waals surface area contributed by atoms with E-state index in [1.165, 1.54) is 10.5 Å². The summed E-state index contributed by atoms with van der Waals surface area (Å²) in [6.07, 6.45) is 0. The molecule has 1 unspecified atom stereocenters. The Morgan fingerprint density at radius 2 is 1.50 bits per heavy atom. The molecule has 1 heterocycles. The van der Waals surface area contributed by atoms with Crippen molar-refractivity contribution in [2.75, 3.05) is 0 Å². The third-order valence-corrected chi connectivity index (χ3v) is 8.54. The van der Waals surface area contributed by atoms with Crippen molar-refractivity contribution < 1.29 is 9.18 Å². The minimum absolute atomic E-state index is 0.0555. The average Bonchev–Trinajstić information content (AvgIpc) is 2.95. The van der Waals surface area contributed by atoms with E-state index in [9.17, 15) is 9.18 Å². The molecule has 1 atom stereocenters. The Kier molecular flexibility index (Phi) is 5.89. The molecule has 0 bridgehead atoms. The van der Waals surface area contributed by atoms with Crippen molar-refractivity contribution in [2.45, 2.75) is 25.7 Å². The van der Waals surface area contributed by atoms with E-state index >= 15 is 0 Å². The molecule has 30 heavy (non-hydrogen) atoms. The van der Waals surface area contributed by atoms with Gasteiger partial charge in [-0.15, -0.1) is 0 Å². The summed E-state index contributed by atoms with van der Waals surface area (Å²) in [5, 5.41) is 0.748. The summed E-state index contributed by atoms with van der Waals surface area (Å²) < 4.78 is 16.1. The van der Waals surface area contributed by atoms with Crippen LogP contribution >= 0.6 is 0 Å². The molecule has 1 aliphatic rings. The van der Waals surface area contributed by atoms with Crippen molar-refractivity contribution in [3.8, 4) is 0 Å². The molecule has 0 N–H and O–H groups in total. The van der Waals surface area contributed by atoms with E-state index in [-0.39, 0.29) is 26.7 Å². The van der Waals surface area contributed by atoms with Crippen molar-refractivity contribution in [1.29, 1.82) is 0 Å². The maximum atomic E-state index is 14.8. The van der Waals surface area contributed by atoms with Gasteiger partial charge in [-0.05, 0) is 0 Å². The van der Waals surface area contributed by atoms with Gasteiger partial charge in [0.25, 0.3) is 0 Å². The first-order valence-electron chi connectivity index (χ1n) is 10.0. The summed E-state index contributed by atoms with van der Waals surface area (Å²) in [5.74, 6) is -0.240. The number of benzene rings is 3. The molecule has 0 aromatic heterocycles. The Labute approximate surface area is 183 Å². The van der Waals surface area contributed by atoms with Gasteiger partial charge in [0.15, 0.2) is 0 Å². The Bertz CT molecular complexity index is 1080. The number of nitrogens with zero attached hydrogens (tertiary/aromatic N) is 1. The second kappa shape index (κ2) is 8.59. The van der Waals surface area contributed by atoms with Crippen LogP contribution in [0.5, 0.6) is 0 Å². The van der Waals surface area contributed by atoms with Crippen LogP contribution < -0.4 is 4.46 Å². The van der Waals surface area contributed by atoms with Crippen LogP contribution in [-0.4, -0.2) is 25.8 Å². The van der Waals surface area contributed by atoms with Gasteiger partial charge in [-0.3, -0.25) is 0 Å². The second-order valence-corrected chi connectivity index (χ2v) is 9.96. The Morgan fingerprint density at radius 1 is 0.900 bits per heavy atom. The Balaban J connectivity index is 1.74. The fraction of sp³-hybridized carbons (Fsp3) is 0.192.